The maximum Gasteiger partial charge on any atom is 0.325 e. The highest BCUT2D eigenvalue weighted by Crippen LogP contribution is 2.18. The van der Waals surface area contributed by atoms with E-state index in [9.17, 15) is 14.4 Å². The van der Waals surface area contributed by atoms with Crippen molar-refractivity contribution in [1.82, 2.24) is 10.2 Å². The molecule has 0 aliphatic rings. The fourth-order valence-corrected chi connectivity index (χ4v) is 3.02. The van der Waals surface area contributed by atoms with E-state index in [-0.39, 0.29) is 19.1 Å². The van der Waals surface area contributed by atoms with Crippen LogP contribution in [0.2, 0.25) is 0 Å². The maximum atomic E-state index is 12.7. The molecular formula is C22H25BrN2O4. The van der Waals surface area contributed by atoms with Crippen molar-refractivity contribution in [1.29, 1.82) is 0 Å². The van der Waals surface area contributed by atoms with E-state index in [1.54, 1.807) is 29.2 Å². The fourth-order valence-electron chi connectivity index (χ4n) is 2.62. The molecule has 2 rings (SSSR count). The summed E-state index contributed by atoms with van der Waals surface area (Å²) in [6.45, 7) is 5.50. The largest absolute Gasteiger partial charge is 0.454 e. The van der Waals surface area contributed by atoms with Crippen LogP contribution in [0.4, 0.5) is 0 Å². The molecule has 1 N–H and O–H groups in total. The molecule has 0 radical (unpaired) electrons. The molecule has 29 heavy (non-hydrogen) atoms. The first-order valence-corrected chi connectivity index (χ1v) is 10.00. The van der Waals surface area contributed by atoms with Crippen LogP contribution < -0.4 is 5.32 Å². The van der Waals surface area contributed by atoms with Gasteiger partial charge in [-0.15, -0.1) is 0 Å². The second-order valence-electron chi connectivity index (χ2n) is 7.49. The van der Waals surface area contributed by atoms with E-state index in [0.29, 0.717) is 12.1 Å². The SMILES string of the molecule is CC(C)(C)N(Cc1ccccc1)C(=O)COC(=O)CNC(=O)c1cccc(Br)c1. The Hall–Kier alpha value is -2.67. The van der Waals surface area contributed by atoms with Crippen LogP contribution in [0.1, 0.15) is 36.7 Å². The molecule has 2 aromatic rings. The van der Waals surface area contributed by atoms with Crippen molar-refractivity contribution in [3.05, 3.63) is 70.2 Å². The van der Waals surface area contributed by atoms with Crippen molar-refractivity contribution in [2.75, 3.05) is 13.2 Å². The molecule has 2 amide bonds. The van der Waals surface area contributed by atoms with Crippen LogP contribution in [-0.4, -0.2) is 41.4 Å². The third-order valence-corrected chi connectivity index (χ3v) is 4.62. The van der Waals surface area contributed by atoms with Gasteiger partial charge < -0.3 is 15.0 Å². The molecule has 0 aliphatic carbocycles. The lowest BCUT2D eigenvalue weighted by Crippen LogP contribution is -2.47. The number of nitrogens with one attached hydrogen (secondary N) is 1. The Morgan fingerprint density at radius 1 is 1.03 bits per heavy atom. The van der Waals surface area contributed by atoms with Crippen LogP contribution in [0, 0.1) is 0 Å². The van der Waals surface area contributed by atoms with E-state index in [4.69, 9.17) is 4.74 Å². The zero-order chi connectivity index (χ0) is 21.4. The Labute approximate surface area is 179 Å². The van der Waals surface area contributed by atoms with Crippen LogP contribution in [0.25, 0.3) is 0 Å². The van der Waals surface area contributed by atoms with E-state index in [2.05, 4.69) is 21.2 Å². The highest BCUT2D eigenvalue weighted by atomic mass is 79.9. The van der Waals surface area contributed by atoms with Crippen molar-refractivity contribution < 1.29 is 19.1 Å². The van der Waals surface area contributed by atoms with Gasteiger partial charge in [0.1, 0.15) is 6.54 Å². The molecule has 0 heterocycles. The summed E-state index contributed by atoms with van der Waals surface area (Å²) < 4.78 is 5.84. The van der Waals surface area contributed by atoms with Crippen molar-refractivity contribution in [2.24, 2.45) is 0 Å². The van der Waals surface area contributed by atoms with E-state index in [1.165, 1.54) is 0 Å². The van der Waals surface area contributed by atoms with Gasteiger partial charge in [-0.1, -0.05) is 52.3 Å². The zero-order valence-electron chi connectivity index (χ0n) is 16.8. The van der Waals surface area contributed by atoms with Gasteiger partial charge in [-0.05, 0) is 44.5 Å². The smallest absolute Gasteiger partial charge is 0.325 e. The molecule has 2 aromatic carbocycles. The van der Waals surface area contributed by atoms with Crippen LogP contribution >= 0.6 is 15.9 Å². The minimum atomic E-state index is -0.671. The average molecular weight is 461 g/mol. The molecule has 6 nitrogen and oxygen atoms in total. The first-order valence-electron chi connectivity index (χ1n) is 9.20. The third-order valence-electron chi connectivity index (χ3n) is 4.13. The number of nitrogens with zero attached hydrogens (tertiary/aromatic N) is 1. The molecule has 0 aliphatic heterocycles. The lowest BCUT2D eigenvalue weighted by atomic mass is 10.0. The predicted octanol–water partition coefficient (Wildman–Crippen LogP) is 3.55. The number of halogens is 1. The lowest BCUT2D eigenvalue weighted by molar-refractivity contribution is -0.153. The maximum absolute atomic E-state index is 12.7. The van der Waals surface area contributed by atoms with Gasteiger partial charge >= 0.3 is 5.97 Å². The van der Waals surface area contributed by atoms with E-state index < -0.39 is 17.4 Å². The summed E-state index contributed by atoms with van der Waals surface area (Å²) in [5.74, 6) is -1.36. The highest BCUT2D eigenvalue weighted by molar-refractivity contribution is 9.10. The van der Waals surface area contributed by atoms with E-state index >= 15 is 0 Å². The Bertz CT molecular complexity index is 863. The quantitative estimate of drug-likeness (QED) is 0.640. The van der Waals surface area contributed by atoms with Gasteiger partial charge in [-0.2, -0.15) is 0 Å². The molecule has 0 fully saturated rings. The second-order valence-corrected chi connectivity index (χ2v) is 8.41. The van der Waals surface area contributed by atoms with Crippen LogP contribution in [0.15, 0.2) is 59.1 Å². The third kappa shape index (κ3) is 7.34. The average Bonchev–Trinajstić information content (AvgIpc) is 2.68. The number of rotatable bonds is 7. The van der Waals surface area contributed by atoms with Gasteiger partial charge in [0.2, 0.25) is 0 Å². The van der Waals surface area contributed by atoms with Gasteiger partial charge in [-0.3, -0.25) is 14.4 Å². The number of amides is 2. The molecule has 0 saturated heterocycles. The predicted molar refractivity (Wildman–Crippen MR) is 114 cm³/mol. The molecular weight excluding hydrogens is 436 g/mol. The topological polar surface area (TPSA) is 75.7 Å². The fraction of sp³-hybridized carbons (Fsp3) is 0.318. The summed E-state index contributed by atoms with van der Waals surface area (Å²) in [7, 11) is 0. The van der Waals surface area contributed by atoms with Crippen molar-refractivity contribution in [3.8, 4) is 0 Å². The highest BCUT2D eigenvalue weighted by Gasteiger charge is 2.27. The van der Waals surface area contributed by atoms with E-state index in [1.807, 2.05) is 51.1 Å². The van der Waals surface area contributed by atoms with Gasteiger partial charge in [-0.25, -0.2) is 0 Å². The summed E-state index contributed by atoms with van der Waals surface area (Å²) in [4.78, 5) is 38.3. The molecule has 0 unspecified atom stereocenters. The number of ether oxygens (including phenoxy) is 1. The van der Waals surface area contributed by atoms with Crippen LogP contribution in [0.5, 0.6) is 0 Å². The first kappa shape index (κ1) is 22.6. The number of carbonyl (C=O) groups is 3. The van der Waals surface area contributed by atoms with E-state index in [0.717, 1.165) is 10.0 Å². The van der Waals surface area contributed by atoms with Crippen molar-refractivity contribution in [3.63, 3.8) is 0 Å². The molecule has 154 valence electrons. The van der Waals surface area contributed by atoms with Crippen molar-refractivity contribution in [2.45, 2.75) is 32.9 Å². The standard InChI is InChI=1S/C22H25BrN2O4/c1-22(2,3)25(14-16-8-5-4-6-9-16)19(26)15-29-20(27)13-24-21(28)17-10-7-11-18(23)12-17/h4-12H,13-15H2,1-3H3,(H,24,28). The van der Waals surface area contributed by atoms with Gasteiger partial charge in [0.05, 0.1) is 0 Å². The minimum absolute atomic E-state index is 0.298. The molecule has 0 spiro atoms. The summed E-state index contributed by atoms with van der Waals surface area (Å²) in [6, 6.07) is 16.4. The first-order chi connectivity index (χ1) is 13.7. The number of esters is 1. The Morgan fingerprint density at radius 3 is 2.34 bits per heavy atom. The zero-order valence-corrected chi connectivity index (χ0v) is 18.4. The van der Waals surface area contributed by atoms with Gasteiger partial charge in [0, 0.05) is 22.1 Å². The molecule has 0 bridgehead atoms. The Morgan fingerprint density at radius 2 is 1.72 bits per heavy atom. The summed E-state index contributed by atoms with van der Waals surface area (Å²) in [5, 5.41) is 2.49. The van der Waals surface area contributed by atoms with Crippen molar-refractivity contribution >= 4 is 33.7 Å². The number of benzene rings is 2. The van der Waals surface area contributed by atoms with Gasteiger partial charge in [0.25, 0.3) is 11.8 Å². The number of hydrogen-bond acceptors (Lipinski definition) is 4. The molecule has 7 heteroatoms. The second kappa shape index (κ2) is 10.2. The molecule has 0 saturated carbocycles. The van der Waals surface area contributed by atoms with Gasteiger partial charge in [0.15, 0.2) is 6.61 Å². The number of carbonyl (C=O) groups excluding carboxylic acids is 3. The monoisotopic (exact) mass is 460 g/mol. The van der Waals surface area contributed by atoms with Crippen LogP contribution in [0.3, 0.4) is 0 Å². The minimum Gasteiger partial charge on any atom is -0.454 e. The lowest BCUT2D eigenvalue weighted by Gasteiger charge is -2.35. The molecule has 0 aromatic heterocycles. The van der Waals surface area contributed by atoms with Crippen LogP contribution in [-0.2, 0) is 20.9 Å². The Balaban J connectivity index is 1.86. The Kier molecular flexibility index (Phi) is 7.96. The summed E-state index contributed by atoms with van der Waals surface area (Å²) >= 11 is 3.29. The molecule has 0 atom stereocenters. The summed E-state index contributed by atoms with van der Waals surface area (Å²) in [5.41, 5.74) is 0.974. The normalized spacial score (nSPS) is 10.9. The number of hydrogen-bond donors (Lipinski definition) is 1. The summed E-state index contributed by atoms with van der Waals surface area (Å²) in [6.07, 6.45) is 0.